The molecule has 5 aromatic carbocycles. The molecule has 1 aliphatic heterocycles. The van der Waals surface area contributed by atoms with Crippen molar-refractivity contribution in [2.45, 2.75) is 65.4 Å². The number of aliphatic hydroxyl groups excluding tert-OH is 3. The van der Waals surface area contributed by atoms with Crippen LogP contribution in [-0.2, 0) is 28.7 Å². The molecule has 0 aromatic heterocycles. The highest BCUT2D eigenvalue weighted by Gasteiger charge is 2.48. The first-order chi connectivity index (χ1) is 42.1. The Kier molecular flexibility index (Phi) is 32.9. The molecule has 7 atom stereocenters. The second-order valence-electron chi connectivity index (χ2n) is 17.7. The van der Waals surface area contributed by atoms with E-state index in [1.165, 1.54) is 30.0 Å². The fourth-order valence-electron chi connectivity index (χ4n) is 6.58. The van der Waals surface area contributed by atoms with Crippen molar-refractivity contribution in [2.24, 2.45) is 33.8 Å². The van der Waals surface area contributed by atoms with Gasteiger partial charge in [-0.2, -0.15) is 0 Å². The fraction of sp³-hybridized carbons (Fsp3) is 0.231. The third-order valence-corrected chi connectivity index (χ3v) is 16.0. The Balaban J connectivity index is 0.000000466. The van der Waals surface area contributed by atoms with Crippen LogP contribution < -0.4 is 55.3 Å². The third kappa shape index (κ3) is 25.1. The molecule has 5 aromatic rings. The van der Waals surface area contributed by atoms with E-state index in [9.17, 15) is 83.5 Å². The third-order valence-electron chi connectivity index (χ3n) is 11.2. The molecule has 38 heteroatoms. The molecule has 0 saturated carbocycles. The lowest BCUT2D eigenvalue weighted by molar-refractivity contribution is -0.271. The highest BCUT2D eigenvalue weighted by Crippen LogP contribution is 2.41. The molecule has 1 fully saturated rings. The Morgan fingerprint density at radius 3 is 1.70 bits per heavy atom. The molecule has 6 rings (SSSR count). The van der Waals surface area contributed by atoms with E-state index < -0.39 is 138 Å². The van der Waals surface area contributed by atoms with Gasteiger partial charge in [-0.15, -0.1) is 28.4 Å². The number of nitrogens with two attached hydrogens (primary N) is 6. The van der Waals surface area contributed by atoms with E-state index >= 15 is 0 Å². The molecule has 0 radical (unpaired) electrons. The summed E-state index contributed by atoms with van der Waals surface area (Å²) in [4.78, 5) is 123. The number of aliphatic hydroxyl groups is 3. The summed E-state index contributed by atoms with van der Waals surface area (Å²) >= 11 is 8.04. The SMILES string of the molecule is CSc1ccc(C(N)=O)cc1N.NC(=O)c1ccc(I)c(N=O)c1.NC(=O)c1ccc(I)c(NO)c1.NC(=O)c1ccc(I)c(O)c1.NC(CCC(=O)NC(CSc1c(O)cc(C(=O)O)cc1OC1OC(C(=O)O)[C@@H](O)[C@H](O)[C@H]1O)C(=O)NCC(=O)O)C(=O)O. The van der Waals surface area contributed by atoms with Crippen LogP contribution in [0.4, 0.5) is 17.1 Å². The number of hydrogen-bond acceptors (Lipinski definition) is 25. The van der Waals surface area contributed by atoms with Gasteiger partial charge in [0.05, 0.1) is 19.7 Å². The summed E-state index contributed by atoms with van der Waals surface area (Å²) in [6, 6.07) is 17.7. The minimum Gasteiger partial charge on any atom is -0.507 e. The van der Waals surface area contributed by atoms with E-state index in [1.807, 2.05) is 84.8 Å². The van der Waals surface area contributed by atoms with E-state index in [4.69, 9.17) is 64.4 Å². The smallest absolute Gasteiger partial charge is 0.335 e. The quantitative estimate of drug-likeness (QED) is 0.0153. The highest BCUT2D eigenvalue weighted by atomic mass is 127. The first-order valence-corrected chi connectivity index (χ1v) is 30.1. The number of nitrogens with one attached hydrogen (secondary N) is 3. The first kappa shape index (κ1) is 78.1. The van der Waals surface area contributed by atoms with Gasteiger partial charge in [0.2, 0.25) is 41.7 Å². The van der Waals surface area contributed by atoms with E-state index in [0.29, 0.717) is 52.5 Å². The maximum Gasteiger partial charge on any atom is 0.335 e. The number of primary amides is 4. The zero-order valence-corrected chi connectivity index (χ0v) is 54.2. The van der Waals surface area contributed by atoms with Gasteiger partial charge in [0.25, 0.3) is 0 Å². The predicted molar refractivity (Wildman–Crippen MR) is 345 cm³/mol. The molecule has 90 heavy (non-hydrogen) atoms. The number of carbonyl (C=O) groups is 10. The molecule has 1 saturated heterocycles. The highest BCUT2D eigenvalue weighted by molar-refractivity contribution is 14.1. The number of phenolic OH excluding ortho intramolecular Hbond substituents is 2. The summed E-state index contributed by atoms with van der Waals surface area (Å²) < 4.78 is 12.7. The number of rotatable bonds is 22. The number of aliphatic carboxylic acids is 3. The summed E-state index contributed by atoms with van der Waals surface area (Å²) in [6.07, 6.45) is -9.14. The first-order valence-electron chi connectivity index (χ1n) is 24.6. The molecule has 25 N–H and O–H groups in total. The number of carbonyl (C=O) groups excluding carboxylic acids is 6. The number of hydrogen-bond donors (Lipinski definition) is 19. The van der Waals surface area contributed by atoms with Gasteiger partial charge in [-0.05, 0) is 171 Å². The number of anilines is 2. The molecule has 33 nitrogen and oxygen atoms in total. The molecule has 6 amide bonds. The van der Waals surface area contributed by atoms with Crippen LogP contribution in [-0.4, -0.2) is 172 Å². The van der Waals surface area contributed by atoms with Gasteiger partial charge < -0.3 is 100 Å². The summed E-state index contributed by atoms with van der Waals surface area (Å²) in [6.45, 7) is -0.845. The number of carboxylic acids is 4. The summed E-state index contributed by atoms with van der Waals surface area (Å²) in [5.74, 6) is -11.7. The van der Waals surface area contributed by atoms with Crippen molar-refractivity contribution in [3.8, 4) is 17.2 Å². The molecule has 0 spiro atoms. The summed E-state index contributed by atoms with van der Waals surface area (Å²) in [5.41, 5.74) is 35.3. The lowest BCUT2D eigenvalue weighted by Gasteiger charge is -2.38. The van der Waals surface area contributed by atoms with Crippen molar-refractivity contribution in [1.82, 2.24) is 10.6 Å². The van der Waals surface area contributed by atoms with Crippen LogP contribution in [0.15, 0.2) is 99.9 Å². The average Bonchev–Trinajstić information content (AvgIpc) is 2.31. The topological polar surface area (TPSA) is 613 Å². The van der Waals surface area contributed by atoms with E-state index in [0.717, 1.165) is 20.6 Å². The lowest BCUT2D eigenvalue weighted by atomic mass is 9.99. The predicted octanol–water partition coefficient (Wildman–Crippen LogP) is 1.50. The lowest BCUT2D eigenvalue weighted by Crippen LogP contribution is -2.61. The fourth-order valence-corrected chi connectivity index (χ4v) is 9.33. The van der Waals surface area contributed by atoms with Crippen molar-refractivity contribution < 1.29 is 109 Å². The largest absolute Gasteiger partial charge is 0.507 e. The Bertz CT molecular complexity index is 3470. The minimum absolute atomic E-state index is 0.0851. The van der Waals surface area contributed by atoms with Crippen molar-refractivity contribution in [1.29, 1.82) is 0 Å². The zero-order valence-electron chi connectivity index (χ0n) is 46.1. The second kappa shape index (κ2) is 37.9. The molecular formula is C52H57I3N10O23S2. The molecule has 4 unspecified atom stereocenters. The summed E-state index contributed by atoms with van der Waals surface area (Å²) in [7, 11) is 0. The Morgan fingerprint density at radius 2 is 1.21 bits per heavy atom. The molecule has 0 bridgehead atoms. The van der Waals surface area contributed by atoms with Crippen LogP contribution in [0, 0.1) is 15.6 Å². The summed E-state index contributed by atoms with van der Waals surface area (Å²) in [5, 5.41) is 102. The monoisotopic (exact) mass is 1630 g/mol. The number of nitroso groups, excluding NO2 is 1. The molecule has 486 valence electrons. The number of amides is 6. The van der Waals surface area contributed by atoms with Gasteiger partial charge in [0.15, 0.2) is 6.10 Å². The van der Waals surface area contributed by atoms with Crippen molar-refractivity contribution in [3.05, 3.63) is 128 Å². The van der Waals surface area contributed by atoms with Gasteiger partial charge in [-0.25, -0.2) is 9.59 Å². The number of aromatic hydroxyl groups is 2. The standard InChI is InChI=1S/C23H29N3O16S.C8H10N2OS.C7H7IN2O2.C7H5IN2O2.C7H6INO2/c24-8(21(37)38)1-2-12(28)26-9(19(34)25-5-13(29)30)6-43-18-10(27)3-7(20(35)36)4-11(18)41-23-16(33)14(31)15(32)17(42-23)22(39)40;1-12-7-3-2-5(8(10)11)4-6(7)9;2*8-5-2-1-4(7(9)11)3-6(5)10-12;8-5-2-1-4(7(9)11)3-6(5)10/h3-4,8-9,14-17,23,27,31-33H,1-2,5-6,24H2,(H,25,34)(H,26,28)(H,29,30)(H,35,36)(H,37,38)(H,39,40);2-4H,9H2,1H3,(H2,10,11);1-3,10,12H,(H2,9,11);1-3H,(H2,9,11);1-3,10H,(H2,9,11)/t8?,9?,14-,15-,16+,17?,23?;;;;/m0..../s1. The molecular weight excluding hydrogens is 1580 g/mol. The normalized spacial score (nSPS) is 15.9. The second-order valence-corrected chi connectivity index (χ2v) is 23.0. The zero-order chi connectivity index (χ0) is 68.4. The van der Waals surface area contributed by atoms with Crippen molar-refractivity contribution in [2.75, 3.05) is 29.8 Å². The van der Waals surface area contributed by atoms with Gasteiger partial charge in [-0.3, -0.25) is 49.0 Å². The molecule has 0 aliphatic carbocycles. The van der Waals surface area contributed by atoms with Crippen LogP contribution in [0.2, 0.25) is 0 Å². The van der Waals surface area contributed by atoms with Crippen LogP contribution in [0.5, 0.6) is 17.2 Å². The number of ether oxygens (including phenoxy) is 2. The van der Waals surface area contributed by atoms with Gasteiger partial charge >= 0.3 is 23.9 Å². The van der Waals surface area contributed by atoms with Crippen LogP contribution in [0.1, 0.15) is 64.6 Å². The number of nitrogens with zero attached hydrogens (tertiary/aromatic N) is 1. The van der Waals surface area contributed by atoms with Gasteiger partial charge in [0.1, 0.15) is 59.9 Å². The Hall–Kier alpha value is -7.95. The van der Waals surface area contributed by atoms with E-state index in [1.54, 1.807) is 54.6 Å². The van der Waals surface area contributed by atoms with E-state index in [2.05, 4.69) is 10.5 Å². The minimum atomic E-state index is -2.08. The number of thioether (sulfide) groups is 2. The molecule has 1 heterocycles. The van der Waals surface area contributed by atoms with Crippen LogP contribution in [0.25, 0.3) is 0 Å². The van der Waals surface area contributed by atoms with Crippen molar-refractivity contribution in [3.63, 3.8) is 0 Å². The van der Waals surface area contributed by atoms with Crippen LogP contribution in [0.3, 0.4) is 0 Å². The number of nitrogen functional groups attached to an aromatic ring is 1. The Morgan fingerprint density at radius 1 is 0.689 bits per heavy atom. The maximum atomic E-state index is 12.6. The molecule has 1 aliphatic rings. The van der Waals surface area contributed by atoms with E-state index in [-0.39, 0.29) is 22.8 Å². The van der Waals surface area contributed by atoms with Gasteiger partial charge in [-0.1, -0.05) is 0 Å². The number of aromatic carboxylic acids is 1. The number of benzene rings is 5. The van der Waals surface area contributed by atoms with Crippen LogP contribution >= 0.6 is 91.3 Å². The van der Waals surface area contributed by atoms with Crippen molar-refractivity contribution >= 4 is 168 Å². The number of halogens is 3. The average molecular weight is 1630 g/mol. The number of carboxylic acid groups (broad SMARTS) is 4. The van der Waals surface area contributed by atoms with Gasteiger partial charge in [0, 0.05) is 52.2 Å². The maximum absolute atomic E-state index is 12.6. The Labute approximate surface area is 557 Å². The number of phenols is 2.